The van der Waals surface area contributed by atoms with E-state index in [1.807, 2.05) is 25.1 Å². The van der Waals surface area contributed by atoms with Gasteiger partial charge in [0.05, 0.1) is 25.4 Å². The molecule has 0 spiro atoms. The van der Waals surface area contributed by atoms with Crippen LogP contribution in [0.5, 0.6) is 5.75 Å². The highest BCUT2D eigenvalue weighted by atomic mass is 16.5. The largest absolute Gasteiger partial charge is 0.497 e. The van der Waals surface area contributed by atoms with Gasteiger partial charge in [0.25, 0.3) is 5.91 Å². The summed E-state index contributed by atoms with van der Waals surface area (Å²) in [6, 6.07) is 5.86. The molecule has 2 rings (SSSR count). The van der Waals surface area contributed by atoms with E-state index in [4.69, 9.17) is 10.5 Å². The summed E-state index contributed by atoms with van der Waals surface area (Å²) in [5.74, 6) is 0.363. The Labute approximate surface area is 105 Å². The Morgan fingerprint density at radius 3 is 2.83 bits per heavy atom. The minimum Gasteiger partial charge on any atom is -0.497 e. The minimum absolute atomic E-state index is 0.418. The highest BCUT2D eigenvalue weighted by molar-refractivity contribution is 5.92. The number of hydrogen-bond donors (Lipinski definition) is 1. The van der Waals surface area contributed by atoms with Gasteiger partial charge in [-0.2, -0.15) is 5.10 Å². The smallest absolute Gasteiger partial charge is 0.251 e. The summed E-state index contributed by atoms with van der Waals surface area (Å²) in [5.41, 5.74) is 7.83. The Kier molecular flexibility index (Phi) is 3.32. The van der Waals surface area contributed by atoms with Crippen LogP contribution in [0.2, 0.25) is 0 Å². The van der Waals surface area contributed by atoms with Crippen LogP contribution in [0.4, 0.5) is 0 Å². The van der Waals surface area contributed by atoms with Crippen molar-refractivity contribution in [2.24, 2.45) is 5.73 Å². The molecule has 5 nitrogen and oxygen atoms in total. The third-order valence-electron chi connectivity index (χ3n) is 2.80. The zero-order valence-corrected chi connectivity index (χ0v) is 10.4. The van der Waals surface area contributed by atoms with Crippen molar-refractivity contribution >= 4 is 5.91 Å². The number of carbonyl (C=O) groups is 1. The molecule has 5 heteroatoms. The molecule has 2 aromatic rings. The molecule has 0 aliphatic carbocycles. The molecule has 18 heavy (non-hydrogen) atoms. The van der Waals surface area contributed by atoms with Gasteiger partial charge in [-0.05, 0) is 30.2 Å². The van der Waals surface area contributed by atoms with Crippen LogP contribution in [-0.2, 0) is 6.54 Å². The average Bonchev–Trinajstić information content (AvgIpc) is 2.80. The van der Waals surface area contributed by atoms with E-state index in [0.29, 0.717) is 12.1 Å². The predicted octanol–water partition coefficient (Wildman–Crippen LogP) is 1.35. The van der Waals surface area contributed by atoms with Crippen molar-refractivity contribution < 1.29 is 9.53 Å². The normalized spacial score (nSPS) is 10.3. The van der Waals surface area contributed by atoms with E-state index < -0.39 is 5.91 Å². The molecule has 94 valence electrons. The second-order valence-corrected chi connectivity index (χ2v) is 4.08. The lowest BCUT2D eigenvalue weighted by Crippen LogP contribution is -2.09. The molecule has 0 radical (unpaired) electrons. The summed E-state index contributed by atoms with van der Waals surface area (Å²) in [5, 5.41) is 4.10. The number of nitrogens with two attached hydrogens (primary N) is 1. The van der Waals surface area contributed by atoms with Crippen LogP contribution in [0.15, 0.2) is 30.6 Å². The van der Waals surface area contributed by atoms with Gasteiger partial charge in [0.2, 0.25) is 0 Å². The summed E-state index contributed by atoms with van der Waals surface area (Å²) < 4.78 is 6.84. The number of ether oxygens (including phenoxy) is 1. The number of benzene rings is 1. The molecule has 0 bridgehead atoms. The van der Waals surface area contributed by atoms with Gasteiger partial charge in [-0.3, -0.25) is 9.48 Å². The molecule has 1 amide bonds. The van der Waals surface area contributed by atoms with E-state index in [-0.39, 0.29) is 0 Å². The summed E-state index contributed by atoms with van der Waals surface area (Å²) in [6.07, 6.45) is 3.12. The highest BCUT2D eigenvalue weighted by Crippen LogP contribution is 2.17. The summed E-state index contributed by atoms with van der Waals surface area (Å²) in [4.78, 5) is 11.0. The SMILES string of the molecule is COc1ccc(Cn2cc(C(N)=O)cn2)c(C)c1. The molecule has 0 saturated carbocycles. The fraction of sp³-hybridized carbons (Fsp3) is 0.231. The van der Waals surface area contributed by atoms with E-state index in [1.165, 1.54) is 6.20 Å². The maximum Gasteiger partial charge on any atom is 0.251 e. The van der Waals surface area contributed by atoms with E-state index in [2.05, 4.69) is 5.10 Å². The van der Waals surface area contributed by atoms with Gasteiger partial charge < -0.3 is 10.5 Å². The zero-order chi connectivity index (χ0) is 13.1. The maximum absolute atomic E-state index is 11.0. The van der Waals surface area contributed by atoms with Crippen LogP contribution in [0.1, 0.15) is 21.5 Å². The fourth-order valence-corrected chi connectivity index (χ4v) is 1.72. The monoisotopic (exact) mass is 245 g/mol. The van der Waals surface area contributed by atoms with Crippen molar-refractivity contribution in [1.82, 2.24) is 9.78 Å². The molecule has 2 N–H and O–H groups in total. The molecule has 0 saturated heterocycles. The topological polar surface area (TPSA) is 70.1 Å². The first-order valence-electron chi connectivity index (χ1n) is 5.56. The minimum atomic E-state index is -0.465. The molecule has 0 aliphatic heterocycles. The number of hydrogen-bond acceptors (Lipinski definition) is 3. The Morgan fingerprint density at radius 1 is 1.50 bits per heavy atom. The number of methoxy groups -OCH3 is 1. The Balaban J connectivity index is 2.20. The summed E-state index contributed by atoms with van der Waals surface area (Å²) >= 11 is 0. The van der Waals surface area contributed by atoms with Crippen molar-refractivity contribution in [2.45, 2.75) is 13.5 Å². The van der Waals surface area contributed by atoms with Crippen LogP contribution in [0.25, 0.3) is 0 Å². The van der Waals surface area contributed by atoms with Gasteiger partial charge in [0.1, 0.15) is 5.75 Å². The number of amides is 1. The second kappa shape index (κ2) is 4.91. The second-order valence-electron chi connectivity index (χ2n) is 4.08. The molecular formula is C13H15N3O2. The van der Waals surface area contributed by atoms with Crippen molar-refractivity contribution in [3.8, 4) is 5.75 Å². The number of nitrogens with zero attached hydrogens (tertiary/aromatic N) is 2. The molecule has 0 unspecified atom stereocenters. The molecule has 1 aromatic carbocycles. The molecule has 1 heterocycles. The lowest BCUT2D eigenvalue weighted by molar-refractivity contribution is 0.1000. The third-order valence-corrected chi connectivity index (χ3v) is 2.80. The van der Waals surface area contributed by atoms with E-state index in [9.17, 15) is 4.79 Å². The van der Waals surface area contributed by atoms with Crippen LogP contribution < -0.4 is 10.5 Å². The highest BCUT2D eigenvalue weighted by Gasteiger charge is 2.06. The molecule has 0 aliphatic rings. The molecule has 0 atom stereocenters. The van der Waals surface area contributed by atoms with Crippen LogP contribution in [0.3, 0.4) is 0 Å². The summed E-state index contributed by atoms with van der Waals surface area (Å²) in [7, 11) is 1.64. The Morgan fingerprint density at radius 2 is 2.28 bits per heavy atom. The van der Waals surface area contributed by atoms with Crippen LogP contribution in [-0.4, -0.2) is 22.8 Å². The summed E-state index contributed by atoms with van der Waals surface area (Å²) in [6.45, 7) is 2.61. The van der Waals surface area contributed by atoms with Crippen molar-refractivity contribution in [2.75, 3.05) is 7.11 Å². The number of carbonyl (C=O) groups excluding carboxylic acids is 1. The van der Waals surface area contributed by atoms with Gasteiger partial charge in [0.15, 0.2) is 0 Å². The number of primary amides is 1. The third kappa shape index (κ3) is 2.51. The molecule has 0 fully saturated rings. The number of aryl methyl sites for hydroxylation is 1. The first-order valence-corrected chi connectivity index (χ1v) is 5.56. The van der Waals surface area contributed by atoms with Crippen molar-refractivity contribution in [1.29, 1.82) is 0 Å². The maximum atomic E-state index is 11.0. The van der Waals surface area contributed by atoms with E-state index >= 15 is 0 Å². The lowest BCUT2D eigenvalue weighted by atomic mass is 10.1. The zero-order valence-electron chi connectivity index (χ0n) is 10.4. The predicted molar refractivity (Wildman–Crippen MR) is 67.6 cm³/mol. The average molecular weight is 245 g/mol. The standard InChI is InChI=1S/C13H15N3O2/c1-9-5-12(18-2)4-3-10(9)7-16-8-11(6-15-16)13(14)17/h3-6,8H,7H2,1-2H3,(H2,14,17). The molecule has 1 aromatic heterocycles. The first kappa shape index (κ1) is 12.2. The quantitative estimate of drug-likeness (QED) is 0.883. The first-order chi connectivity index (χ1) is 8.60. The number of rotatable bonds is 4. The van der Waals surface area contributed by atoms with Crippen molar-refractivity contribution in [3.05, 3.63) is 47.3 Å². The van der Waals surface area contributed by atoms with Crippen molar-refractivity contribution in [3.63, 3.8) is 0 Å². The van der Waals surface area contributed by atoms with Crippen LogP contribution in [0, 0.1) is 6.92 Å². The van der Waals surface area contributed by atoms with E-state index in [1.54, 1.807) is 18.0 Å². The Hall–Kier alpha value is -2.30. The lowest BCUT2D eigenvalue weighted by Gasteiger charge is -2.08. The van der Waals surface area contributed by atoms with Crippen LogP contribution >= 0.6 is 0 Å². The Bertz CT molecular complexity index is 575. The van der Waals surface area contributed by atoms with Gasteiger partial charge in [-0.25, -0.2) is 0 Å². The van der Waals surface area contributed by atoms with Gasteiger partial charge in [0, 0.05) is 6.20 Å². The van der Waals surface area contributed by atoms with Gasteiger partial charge >= 0.3 is 0 Å². The van der Waals surface area contributed by atoms with E-state index in [0.717, 1.165) is 16.9 Å². The van der Waals surface area contributed by atoms with Gasteiger partial charge in [-0.15, -0.1) is 0 Å². The van der Waals surface area contributed by atoms with Gasteiger partial charge in [-0.1, -0.05) is 6.07 Å². The number of aromatic nitrogens is 2. The fourth-order valence-electron chi connectivity index (χ4n) is 1.72. The molecular weight excluding hydrogens is 230 g/mol.